The van der Waals surface area contributed by atoms with Gasteiger partial charge in [-0.3, -0.25) is 4.79 Å². The van der Waals surface area contributed by atoms with Crippen LogP contribution in [0.2, 0.25) is 0 Å². The maximum Gasteiger partial charge on any atom is 0.335 e. The number of rotatable bonds is 6. The van der Waals surface area contributed by atoms with Crippen LogP contribution in [0.1, 0.15) is 22.8 Å². The van der Waals surface area contributed by atoms with Crippen molar-refractivity contribution in [3.05, 3.63) is 29.3 Å². The van der Waals surface area contributed by atoms with E-state index in [2.05, 4.69) is 0 Å². The van der Waals surface area contributed by atoms with Crippen molar-refractivity contribution in [3.8, 4) is 0 Å². The van der Waals surface area contributed by atoms with Crippen LogP contribution in [-0.2, 0) is 19.6 Å². The van der Waals surface area contributed by atoms with E-state index in [1.54, 1.807) is 13.8 Å². The number of carbonyl (C=O) groups is 2. The Hall–Kier alpha value is -1.93. The minimum Gasteiger partial charge on any atom is -0.478 e. The van der Waals surface area contributed by atoms with Crippen molar-refractivity contribution < 1.29 is 27.9 Å². The molecule has 0 atom stereocenters. The van der Waals surface area contributed by atoms with Gasteiger partial charge in [-0.2, -0.15) is 4.31 Å². The summed E-state index contributed by atoms with van der Waals surface area (Å²) in [6, 6.07) is 3.81. The summed E-state index contributed by atoms with van der Waals surface area (Å²) in [4.78, 5) is 22.2. The zero-order valence-corrected chi connectivity index (χ0v) is 12.8. The summed E-state index contributed by atoms with van der Waals surface area (Å²) in [5, 5.41) is 8.94. The number of sulfonamides is 1. The molecule has 0 aliphatic carbocycles. The first-order valence-corrected chi connectivity index (χ1v) is 7.60. The molecular formula is C13H17NO6S. The molecule has 0 unspecified atom stereocenters. The molecule has 0 saturated heterocycles. The number of carboxylic acid groups (broad SMARTS) is 1. The van der Waals surface area contributed by atoms with E-state index in [4.69, 9.17) is 9.84 Å². The van der Waals surface area contributed by atoms with Crippen LogP contribution in [0.15, 0.2) is 23.1 Å². The third-order valence-corrected chi connectivity index (χ3v) is 4.73. The third kappa shape index (κ3) is 4.02. The lowest BCUT2D eigenvalue weighted by Crippen LogP contribution is -2.33. The molecule has 7 nitrogen and oxygen atoms in total. The Balaban J connectivity index is 3.15. The number of carbonyl (C=O) groups excluding carboxylic acids is 1. The smallest absolute Gasteiger partial charge is 0.335 e. The SMILES string of the molecule is CCOC(=O)CN(C)S(=O)(=O)c1cc(C(=O)O)ccc1C. The maximum absolute atomic E-state index is 12.4. The Kier molecular flexibility index (Phi) is 5.45. The van der Waals surface area contributed by atoms with Crippen LogP contribution in [-0.4, -0.2) is 50.0 Å². The molecule has 0 aliphatic rings. The van der Waals surface area contributed by atoms with Gasteiger partial charge in [0.05, 0.1) is 17.1 Å². The van der Waals surface area contributed by atoms with Crippen molar-refractivity contribution in [2.75, 3.05) is 20.2 Å². The topological polar surface area (TPSA) is 101 Å². The van der Waals surface area contributed by atoms with E-state index < -0.39 is 28.5 Å². The fourth-order valence-corrected chi connectivity index (χ4v) is 3.01. The molecule has 1 aromatic carbocycles. The summed E-state index contributed by atoms with van der Waals surface area (Å²) in [6.45, 7) is 2.89. The molecule has 0 spiro atoms. The number of hydrogen-bond donors (Lipinski definition) is 1. The Labute approximate surface area is 123 Å². The monoisotopic (exact) mass is 315 g/mol. The number of esters is 1. The van der Waals surface area contributed by atoms with Crippen molar-refractivity contribution in [3.63, 3.8) is 0 Å². The van der Waals surface area contributed by atoms with Crippen molar-refractivity contribution >= 4 is 22.0 Å². The molecule has 0 radical (unpaired) electrons. The Morgan fingerprint density at radius 3 is 2.48 bits per heavy atom. The van der Waals surface area contributed by atoms with Gasteiger partial charge in [-0.25, -0.2) is 13.2 Å². The molecular weight excluding hydrogens is 298 g/mol. The number of benzene rings is 1. The van der Waals surface area contributed by atoms with Crippen molar-refractivity contribution in [2.45, 2.75) is 18.7 Å². The molecule has 1 rings (SSSR count). The zero-order chi connectivity index (χ0) is 16.2. The predicted octanol–water partition coefficient (Wildman–Crippen LogP) is 0.877. The van der Waals surface area contributed by atoms with Gasteiger partial charge in [-0.15, -0.1) is 0 Å². The van der Waals surface area contributed by atoms with Crippen LogP contribution in [0.4, 0.5) is 0 Å². The summed E-state index contributed by atoms with van der Waals surface area (Å²) < 4.78 is 30.3. The van der Waals surface area contributed by atoms with Gasteiger partial charge in [0.1, 0.15) is 6.54 Å². The second kappa shape index (κ2) is 6.68. The first kappa shape index (κ1) is 17.1. The third-order valence-electron chi connectivity index (χ3n) is 2.78. The Bertz CT molecular complexity index is 653. The molecule has 0 aromatic heterocycles. The molecule has 1 aromatic rings. The van der Waals surface area contributed by atoms with Crippen molar-refractivity contribution in [1.82, 2.24) is 4.31 Å². The quantitative estimate of drug-likeness (QED) is 0.782. The number of hydrogen-bond acceptors (Lipinski definition) is 5. The van der Waals surface area contributed by atoms with Crippen LogP contribution in [0.5, 0.6) is 0 Å². The number of aryl methyl sites for hydroxylation is 1. The highest BCUT2D eigenvalue weighted by molar-refractivity contribution is 7.89. The van der Waals surface area contributed by atoms with E-state index in [0.29, 0.717) is 5.56 Å². The molecule has 21 heavy (non-hydrogen) atoms. The van der Waals surface area contributed by atoms with Gasteiger partial charge in [0, 0.05) is 7.05 Å². The van der Waals surface area contributed by atoms with E-state index >= 15 is 0 Å². The Morgan fingerprint density at radius 2 is 1.95 bits per heavy atom. The highest BCUT2D eigenvalue weighted by Gasteiger charge is 2.26. The molecule has 0 aliphatic heterocycles. The molecule has 1 N–H and O–H groups in total. The standard InChI is InChI=1S/C13H17NO6S/c1-4-20-12(15)8-14(3)21(18,19)11-7-10(13(16)17)6-5-9(11)2/h5-7H,4,8H2,1-3H3,(H,16,17). The van der Waals surface area contributed by atoms with E-state index in [1.165, 1.54) is 19.2 Å². The molecule has 116 valence electrons. The average Bonchev–Trinajstić information content (AvgIpc) is 2.38. The molecule has 8 heteroatoms. The summed E-state index contributed by atoms with van der Waals surface area (Å²) in [5.41, 5.74) is 0.263. The van der Waals surface area contributed by atoms with Gasteiger partial charge in [0.2, 0.25) is 10.0 Å². The summed E-state index contributed by atoms with van der Waals surface area (Å²) in [5.74, 6) is -1.89. The lowest BCUT2D eigenvalue weighted by Gasteiger charge is -2.18. The minimum atomic E-state index is -3.97. The molecule has 0 heterocycles. The second-order valence-electron chi connectivity index (χ2n) is 4.35. The van der Waals surface area contributed by atoms with Gasteiger partial charge < -0.3 is 9.84 Å². The minimum absolute atomic E-state index is 0.135. The van der Waals surface area contributed by atoms with Gasteiger partial charge in [-0.05, 0) is 31.5 Å². The van der Waals surface area contributed by atoms with E-state index in [9.17, 15) is 18.0 Å². The number of nitrogens with zero attached hydrogens (tertiary/aromatic N) is 1. The summed E-state index contributed by atoms with van der Waals surface area (Å²) in [7, 11) is -2.73. The molecule has 0 amide bonds. The first-order valence-electron chi connectivity index (χ1n) is 6.16. The van der Waals surface area contributed by atoms with Crippen LogP contribution in [0, 0.1) is 6.92 Å². The highest BCUT2D eigenvalue weighted by atomic mass is 32.2. The van der Waals surface area contributed by atoms with E-state index in [-0.39, 0.29) is 17.1 Å². The lowest BCUT2D eigenvalue weighted by molar-refractivity contribution is -0.143. The zero-order valence-electron chi connectivity index (χ0n) is 12.0. The lowest BCUT2D eigenvalue weighted by atomic mass is 10.1. The molecule has 0 fully saturated rings. The van der Waals surface area contributed by atoms with E-state index in [1.807, 2.05) is 0 Å². The predicted molar refractivity (Wildman–Crippen MR) is 74.6 cm³/mol. The largest absolute Gasteiger partial charge is 0.478 e. The van der Waals surface area contributed by atoms with E-state index in [0.717, 1.165) is 10.4 Å². The van der Waals surface area contributed by atoms with Crippen LogP contribution < -0.4 is 0 Å². The molecule has 0 bridgehead atoms. The molecule has 0 saturated carbocycles. The van der Waals surface area contributed by atoms with Crippen LogP contribution in [0.3, 0.4) is 0 Å². The van der Waals surface area contributed by atoms with Gasteiger partial charge in [-0.1, -0.05) is 6.07 Å². The van der Waals surface area contributed by atoms with Gasteiger partial charge in [0.25, 0.3) is 0 Å². The number of ether oxygens (including phenoxy) is 1. The fourth-order valence-electron chi connectivity index (χ4n) is 1.65. The first-order chi connectivity index (χ1) is 9.70. The number of likely N-dealkylation sites (N-methyl/N-ethyl adjacent to an activating group) is 1. The fraction of sp³-hybridized carbons (Fsp3) is 0.385. The van der Waals surface area contributed by atoms with Gasteiger partial charge >= 0.3 is 11.9 Å². The van der Waals surface area contributed by atoms with Crippen LogP contribution in [0.25, 0.3) is 0 Å². The van der Waals surface area contributed by atoms with Crippen LogP contribution >= 0.6 is 0 Å². The highest BCUT2D eigenvalue weighted by Crippen LogP contribution is 2.20. The maximum atomic E-state index is 12.4. The summed E-state index contributed by atoms with van der Waals surface area (Å²) >= 11 is 0. The second-order valence-corrected chi connectivity index (χ2v) is 6.36. The average molecular weight is 315 g/mol. The van der Waals surface area contributed by atoms with Crippen molar-refractivity contribution in [2.24, 2.45) is 0 Å². The van der Waals surface area contributed by atoms with Gasteiger partial charge in [0.15, 0.2) is 0 Å². The van der Waals surface area contributed by atoms with Crippen molar-refractivity contribution in [1.29, 1.82) is 0 Å². The summed E-state index contributed by atoms with van der Waals surface area (Å²) in [6.07, 6.45) is 0. The Morgan fingerprint density at radius 1 is 1.33 bits per heavy atom. The number of aromatic carboxylic acids is 1. The normalized spacial score (nSPS) is 11.4. The number of carboxylic acids is 1.